The molecule has 21 heavy (non-hydrogen) atoms. The van der Waals surface area contributed by atoms with Gasteiger partial charge in [-0.3, -0.25) is 9.59 Å². The highest BCUT2D eigenvalue weighted by Gasteiger charge is 2.46. The zero-order chi connectivity index (χ0) is 15.0. The first kappa shape index (κ1) is 14.8. The highest BCUT2D eigenvalue weighted by molar-refractivity contribution is 5.85. The van der Waals surface area contributed by atoms with E-state index in [4.69, 9.17) is 9.47 Å². The van der Waals surface area contributed by atoms with E-state index in [-0.39, 0.29) is 11.8 Å². The third-order valence-electron chi connectivity index (χ3n) is 5.08. The molecule has 3 fully saturated rings. The lowest BCUT2D eigenvalue weighted by Crippen LogP contribution is -2.49. The Kier molecular flexibility index (Phi) is 3.92. The van der Waals surface area contributed by atoms with E-state index in [0.29, 0.717) is 57.9 Å². The molecule has 1 N–H and O–H groups in total. The Hall–Kier alpha value is -1.14. The number of likely N-dealkylation sites (tertiary alicyclic amines) is 1. The monoisotopic (exact) mass is 297 g/mol. The normalized spacial score (nSPS) is 35.3. The first-order valence-corrected chi connectivity index (χ1v) is 7.80. The molecule has 1 unspecified atom stereocenters. The lowest BCUT2D eigenvalue weighted by atomic mass is 9.93. The molecular weight excluding hydrogens is 274 g/mol. The summed E-state index contributed by atoms with van der Waals surface area (Å²) in [5.74, 6) is -1.92. The van der Waals surface area contributed by atoms with E-state index in [1.165, 1.54) is 0 Å². The van der Waals surface area contributed by atoms with Crippen molar-refractivity contribution in [2.75, 3.05) is 26.3 Å². The lowest BCUT2D eigenvalue weighted by Gasteiger charge is -2.38. The molecule has 6 heteroatoms. The van der Waals surface area contributed by atoms with Gasteiger partial charge in [-0.2, -0.15) is 0 Å². The fourth-order valence-corrected chi connectivity index (χ4v) is 3.93. The van der Waals surface area contributed by atoms with Crippen LogP contribution in [0.15, 0.2) is 0 Å². The van der Waals surface area contributed by atoms with Gasteiger partial charge in [-0.25, -0.2) is 0 Å². The standard InChI is InChI=1S/C15H23NO5/c1-10-8-11(12(9-10)14(18)19)13(17)16-4-2-15(3-5-16)20-6-7-21-15/h10-12H,2-9H2,1H3,(H,18,19)/t10?,11-,12+/m0/s1. The average molecular weight is 297 g/mol. The minimum atomic E-state index is -0.839. The van der Waals surface area contributed by atoms with Crippen molar-refractivity contribution in [3.8, 4) is 0 Å². The van der Waals surface area contributed by atoms with Crippen LogP contribution in [0.25, 0.3) is 0 Å². The smallest absolute Gasteiger partial charge is 0.307 e. The van der Waals surface area contributed by atoms with Gasteiger partial charge in [0.2, 0.25) is 5.91 Å². The quantitative estimate of drug-likeness (QED) is 0.826. The zero-order valence-corrected chi connectivity index (χ0v) is 12.4. The van der Waals surface area contributed by atoms with Crippen molar-refractivity contribution in [1.82, 2.24) is 4.90 Å². The van der Waals surface area contributed by atoms with Crippen LogP contribution in [-0.4, -0.2) is 54.0 Å². The van der Waals surface area contributed by atoms with E-state index in [1.54, 1.807) is 4.90 Å². The number of carbonyl (C=O) groups excluding carboxylic acids is 1. The van der Waals surface area contributed by atoms with Gasteiger partial charge in [0.25, 0.3) is 0 Å². The predicted octanol–water partition coefficient (Wildman–Crippen LogP) is 1.10. The van der Waals surface area contributed by atoms with Gasteiger partial charge in [0.15, 0.2) is 5.79 Å². The van der Waals surface area contributed by atoms with E-state index < -0.39 is 17.7 Å². The molecule has 0 aromatic carbocycles. The van der Waals surface area contributed by atoms with E-state index >= 15 is 0 Å². The Morgan fingerprint density at radius 2 is 1.67 bits per heavy atom. The van der Waals surface area contributed by atoms with Gasteiger partial charge in [-0.15, -0.1) is 0 Å². The first-order chi connectivity index (χ1) is 10.0. The van der Waals surface area contributed by atoms with Crippen molar-refractivity contribution in [2.45, 2.75) is 38.4 Å². The van der Waals surface area contributed by atoms with E-state index in [2.05, 4.69) is 0 Å². The number of amides is 1. The second-order valence-corrected chi connectivity index (χ2v) is 6.56. The lowest BCUT2D eigenvalue weighted by molar-refractivity contribution is -0.189. The fraction of sp³-hybridized carbons (Fsp3) is 0.867. The van der Waals surface area contributed by atoms with Crippen molar-refractivity contribution in [2.24, 2.45) is 17.8 Å². The van der Waals surface area contributed by atoms with Gasteiger partial charge in [0.05, 0.1) is 25.0 Å². The molecule has 0 aromatic rings. The van der Waals surface area contributed by atoms with Crippen LogP contribution in [-0.2, 0) is 19.1 Å². The molecule has 1 spiro atoms. The van der Waals surface area contributed by atoms with Gasteiger partial charge in [0, 0.05) is 25.9 Å². The number of piperidine rings is 1. The van der Waals surface area contributed by atoms with Gasteiger partial charge >= 0.3 is 5.97 Å². The molecule has 118 valence electrons. The van der Waals surface area contributed by atoms with Crippen LogP contribution in [0.4, 0.5) is 0 Å². The third kappa shape index (κ3) is 2.79. The third-order valence-corrected chi connectivity index (χ3v) is 5.08. The average Bonchev–Trinajstić information content (AvgIpc) is 3.06. The number of rotatable bonds is 2. The Morgan fingerprint density at radius 1 is 1.10 bits per heavy atom. The molecule has 0 aromatic heterocycles. The number of ether oxygens (including phenoxy) is 2. The molecule has 2 saturated heterocycles. The van der Waals surface area contributed by atoms with Crippen LogP contribution in [0.1, 0.15) is 32.6 Å². The van der Waals surface area contributed by atoms with Crippen LogP contribution in [0.3, 0.4) is 0 Å². The molecule has 1 saturated carbocycles. The molecule has 3 rings (SSSR count). The van der Waals surface area contributed by atoms with Crippen LogP contribution in [0.2, 0.25) is 0 Å². The number of hydrogen-bond donors (Lipinski definition) is 1. The summed E-state index contributed by atoms with van der Waals surface area (Å²) in [6.45, 7) is 4.45. The molecule has 2 aliphatic heterocycles. The van der Waals surface area contributed by atoms with E-state index in [1.807, 2.05) is 6.92 Å². The molecule has 1 aliphatic carbocycles. The Morgan fingerprint density at radius 3 is 2.24 bits per heavy atom. The summed E-state index contributed by atoms with van der Waals surface area (Å²) in [6, 6.07) is 0. The topological polar surface area (TPSA) is 76.1 Å². The van der Waals surface area contributed by atoms with Crippen LogP contribution >= 0.6 is 0 Å². The minimum Gasteiger partial charge on any atom is -0.481 e. The summed E-state index contributed by atoms with van der Waals surface area (Å²) in [6.07, 6.45) is 2.65. The van der Waals surface area contributed by atoms with E-state index in [0.717, 1.165) is 0 Å². The summed E-state index contributed by atoms with van der Waals surface area (Å²) in [4.78, 5) is 25.8. The van der Waals surface area contributed by atoms with Crippen molar-refractivity contribution in [3.05, 3.63) is 0 Å². The molecular formula is C15H23NO5. The van der Waals surface area contributed by atoms with Gasteiger partial charge in [-0.05, 0) is 18.8 Å². The fourth-order valence-electron chi connectivity index (χ4n) is 3.93. The SMILES string of the molecule is CC1C[C@H](C(=O)N2CCC3(CC2)OCCO3)[C@H](C(=O)O)C1. The highest BCUT2D eigenvalue weighted by atomic mass is 16.7. The summed E-state index contributed by atoms with van der Waals surface area (Å²) >= 11 is 0. The summed E-state index contributed by atoms with van der Waals surface area (Å²) in [5.41, 5.74) is 0. The molecule has 2 heterocycles. The van der Waals surface area contributed by atoms with Gasteiger partial charge in [0.1, 0.15) is 0 Å². The zero-order valence-electron chi connectivity index (χ0n) is 12.4. The largest absolute Gasteiger partial charge is 0.481 e. The maximum atomic E-state index is 12.6. The van der Waals surface area contributed by atoms with Crippen molar-refractivity contribution in [3.63, 3.8) is 0 Å². The Balaban J connectivity index is 1.62. The number of carboxylic acids is 1. The number of carbonyl (C=O) groups is 2. The van der Waals surface area contributed by atoms with Crippen molar-refractivity contribution >= 4 is 11.9 Å². The molecule has 0 radical (unpaired) electrons. The van der Waals surface area contributed by atoms with Gasteiger partial charge in [-0.1, -0.05) is 6.92 Å². The van der Waals surface area contributed by atoms with Crippen LogP contribution in [0.5, 0.6) is 0 Å². The Labute approximate surface area is 124 Å². The maximum Gasteiger partial charge on any atom is 0.307 e. The predicted molar refractivity (Wildman–Crippen MR) is 73.5 cm³/mol. The first-order valence-electron chi connectivity index (χ1n) is 7.80. The molecule has 6 nitrogen and oxygen atoms in total. The number of aliphatic carboxylic acids is 1. The van der Waals surface area contributed by atoms with Crippen molar-refractivity contribution < 1.29 is 24.2 Å². The number of hydrogen-bond acceptors (Lipinski definition) is 4. The van der Waals surface area contributed by atoms with Gasteiger partial charge < -0.3 is 19.5 Å². The summed E-state index contributed by atoms with van der Waals surface area (Å²) in [7, 11) is 0. The second-order valence-electron chi connectivity index (χ2n) is 6.56. The minimum absolute atomic E-state index is 0.000373. The molecule has 3 atom stereocenters. The molecule has 0 bridgehead atoms. The Bertz CT molecular complexity index is 422. The molecule has 3 aliphatic rings. The second kappa shape index (κ2) is 5.57. The van der Waals surface area contributed by atoms with Crippen molar-refractivity contribution in [1.29, 1.82) is 0 Å². The van der Waals surface area contributed by atoms with E-state index in [9.17, 15) is 14.7 Å². The van der Waals surface area contributed by atoms with Crippen LogP contribution in [0, 0.1) is 17.8 Å². The molecule has 1 amide bonds. The highest BCUT2D eigenvalue weighted by Crippen LogP contribution is 2.39. The van der Waals surface area contributed by atoms with Crippen LogP contribution < -0.4 is 0 Å². The number of nitrogens with zero attached hydrogens (tertiary/aromatic N) is 1. The summed E-state index contributed by atoms with van der Waals surface area (Å²) < 4.78 is 11.3. The summed E-state index contributed by atoms with van der Waals surface area (Å²) in [5, 5.41) is 9.31. The number of carboxylic acid groups (broad SMARTS) is 1. The maximum absolute atomic E-state index is 12.6.